The summed E-state index contributed by atoms with van der Waals surface area (Å²) in [5, 5.41) is 9.71. The van der Waals surface area contributed by atoms with Gasteiger partial charge in [-0.2, -0.15) is 0 Å². The highest BCUT2D eigenvalue weighted by Crippen LogP contribution is 2.31. The fourth-order valence-corrected chi connectivity index (χ4v) is 3.31. The summed E-state index contributed by atoms with van der Waals surface area (Å²) in [5.74, 6) is 0.402. The lowest BCUT2D eigenvalue weighted by Gasteiger charge is -2.10. The first kappa shape index (κ1) is 17.4. The van der Waals surface area contributed by atoms with Gasteiger partial charge in [-0.15, -0.1) is 11.3 Å². The molecule has 0 aliphatic heterocycles. The summed E-state index contributed by atoms with van der Waals surface area (Å²) in [5.41, 5.74) is 2.27. The van der Waals surface area contributed by atoms with Gasteiger partial charge in [-0.05, 0) is 43.7 Å². The van der Waals surface area contributed by atoms with Gasteiger partial charge in [0.05, 0.1) is 10.3 Å². The molecule has 3 aromatic heterocycles. The molecule has 1 amide bonds. The minimum Gasteiger partial charge on any atom is -0.443 e. The molecule has 4 rings (SSSR count). The van der Waals surface area contributed by atoms with Gasteiger partial charge in [-0.25, -0.2) is 4.98 Å². The van der Waals surface area contributed by atoms with E-state index >= 15 is 0 Å². The summed E-state index contributed by atoms with van der Waals surface area (Å²) in [6, 6.07) is 9.12. The van der Waals surface area contributed by atoms with E-state index < -0.39 is 0 Å². The molecular weight excluding hydrogens is 364 g/mol. The summed E-state index contributed by atoms with van der Waals surface area (Å²) < 4.78 is 11.0. The number of nitrogens with zero attached hydrogens (tertiary/aromatic N) is 3. The molecule has 0 saturated heterocycles. The molecule has 0 atom stereocenters. The first-order valence-corrected chi connectivity index (χ1v) is 9.32. The predicted octanol–water partition coefficient (Wildman–Crippen LogP) is 3.50. The number of aromatic nitrogens is 2. The number of hydrogen-bond donors (Lipinski definition) is 1. The molecule has 0 fully saturated rings. The zero-order chi connectivity index (χ0) is 18.8. The summed E-state index contributed by atoms with van der Waals surface area (Å²) in [6.45, 7) is 1.35. The van der Waals surface area contributed by atoms with Crippen LogP contribution in [-0.4, -0.2) is 48.1 Å². The van der Waals surface area contributed by atoms with Gasteiger partial charge in [0.2, 0.25) is 5.89 Å². The molecule has 0 saturated carbocycles. The first-order chi connectivity index (χ1) is 13.1. The van der Waals surface area contributed by atoms with Crippen molar-refractivity contribution < 1.29 is 13.7 Å². The summed E-state index contributed by atoms with van der Waals surface area (Å²) >= 11 is 1.55. The molecule has 0 unspecified atom stereocenters. The van der Waals surface area contributed by atoms with Crippen LogP contribution in [0, 0.1) is 0 Å². The van der Waals surface area contributed by atoms with E-state index in [0.717, 1.165) is 16.8 Å². The second-order valence-electron chi connectivity index (χ2n) is 6.32. The Bertz CT molecular complexity index is 1070. The quantitative estimate of drug-likeness (QED) is 0.549. The van der Waals surface area contributed by atoms with E-state index in [-0.39, 0.29) is 5.91 Å². The van der Waals surface area contributed by atoms with Crippen molar-refractivity contribution in [2.24, 2.45) is 0 Å². The molecule has 7 nitrogen and oxygen atoms in total. The van der Waals surface area contributed by atoms with Crippen molar-refractivity contribution in [3.05, 3.63) is 47.5 Å². The fraction of sp³-hybridized carbons (Fsp3) is 0.211. The second kappa shape index (κ2) is 7.34. The molecule has 3 heterocycles. The minimum absolute atomic E-state index is 0.134. The number of amides is 1. The monoisotopic (exact) mass is 382 g/mol. The number of fused-ring (bicyclic) bond motifs is 1. The summed E-state index contributed by atoms with van der Waals surface area (Å²) in [6.07, 6.45) is 1.55. The Balaban J connectivity index is 1.62. The van der Waals surface area contributed by atoms with Gasteiger partial charge in [0.1, 0.15) is 17.7 Å². The molecule has 0 aliphatic rings. The molecular formula is C19H18N4O3S. The van der Waals surface area contributed by atoms with Crippen molar-refractivity contribution in [3.8, 4) is 22.2 Å². The van der Waals surface area contributed by atoms with Crippen molar-refractivity contribution in [2.45, 2.75) is 0 Å². The van der Waals surface area contributed by atoms with Gasteiger partial charge in [-0.3, -0.25) is 4.79 Å². The van der Waals surface area contributed by atoms with Crippen LogP contribution in [-0.2, 0) is 0 Å². The Morgan fingerprint density at radius 2 is 2.19 bits per heavy atom. The van der Waals surface area contributed by atoms with Crippen LogP contribution in [0.2, 0.25) is 0 Å². The van der Waals surface area contributed by atoms with E-state index in [1.807, 2.05) is 36.5 Å². The zero-order valence-electron chi connectivity index (χ0n) is 14.9. The third kappa shape index (κ3) is 3.62. The molecule has 8 heteroatoms. The number of oxazole rings is 1. The number of carbonyl (C=O) groups excluding carboxylic acids is 1. The Labute approximate surface area is 159 Å². The molecule has 0 radical (unpaired) electrons. The molecule has 1 N–H and O–H groups in total. The largest absolute Gasteiger partial charge is 0.443 e. The highest BCUT2D eigenvalue weighted by Gasteiger charge is 2.17. The van der Waals surface area contributed by atoms with Crippen molar-refractivity contribution in [1.82, 2.24) is 20.4 Å². The van der Waals surface area contributed by atoms with E-state index in [1.54, 1.807) is 35.8 Å². The second-order valence-corrected chi connectivity index (χ2v) is 7.26. The molecule has 138 valence electrons. The lowest BCUT2D eigenvalue weighted by molar-refractivity contribution is 0.0951. The Morgan fingerprint density at radius 1 is 1.30 bits per heavy atom. The Morgan fingerprint density at radius 3 is 2.96 bits per heavy atom. The van der Waals surface area contributed by atoms with Crippen LogP contribution in [0.3, 0.4) is 0 Å². The van der Waals surface area contributed by atoms with Crippen LogP contribution in [0.15, 0.2) is 50.9 Å². The molecule has 1 aromatic carbocycles. The molecule has 0 aliphatic carbocycles. The Kier molecular flexibility index (Phi) is 4.74. The number of nitrogens with one attached hydrogen (secondary N) is 1. The molecule has 0 spiro atoms. The average Bonchev–Trinajstić information content (AvgIpc) is 3.39. The lowest BCUT2D eigenvalue weighted by Crippen LogP contribution is -2.31. The van der Waals surface area contributed by atoms with Gasteiger partial charge < -0.3 is 19.2 Å². The van der Waals surface area contributed by atoms with Crippen LogP contribution in [0.25, 0.3) is 33.1 Å². The van der Waals surface area contributed by atoms with Crippen LogP contribution in [0.1, 0.15) is 10.4 Å². The number of carbonyl (C=O) groups is 1. The zero-order valence-corrected chi connectivity index (χ0v) is 15.7. The van der Waals surface area contributed by atoms with E-state index in [1.165, 1.54) is 0 Å². The van der Waals surface area contributed by atoms with Crippen molar-refractivity contribution >= 4 is 28.2 Å². The van der Waals surface area contributed by atoms with Gasteiger partial charge in [0, 0.05) is 18.7 Å². The van der Waals surface area contributed by atoms with Crippen molar-refractivity contribution in [1.29, 1.82) is 0 Å². The highest BCUT2D eigenvalue weighted by atomic mass is 32.1. The van der Waals surface area contributed by atoms with Crippen LogP contribution < -0.4 is 5.32 Å². The van der Waals surface area contributed by atoms with Gasteiger partial charge in [0.25, 0.3) is 5.91 Å². The lowest BCUT2D eigenvalue weighted by atomic mass is 10.1. The van der Waals surface area contributed by atoms with Crippen LogP contribution in [0.5, 0.6) is 0 Å². The van der Waals surface area contributed by atoms with Gasteiger partial charge in [0.15, 0.2) is 5.58 Å². The highest BCUT2D eigenvalue weighted by molar-refractivity contribution is 7.13. The molecule has 27 heavy (non-hydrogen) atoms. The van der Waals surface area contributed by atoms with Crippen molar-refractivity contribution in [3.63, 3.8) is 0 Å². The number of rotatable bonds is 6. The molecule has 4 aromatic rings. The maximum Gasteiger partial charge on any atom is 0.251 e. The number of likely N-dealkylation sites (N-methyl/N-ethyl adjacent to an activating group) is 1. The smallest absolute Gasteiger partial charge is 0.251 e. The van der Waals surface area contributed by atoms with E-state index in [9.17, 15) is 4.79 Å². The average molecular weight is 382 g/mol. The Hall–Kier alpha value is -2.97. The van der Waals surface area contributed by atoms with Gasteiger partial charge >= 0.3 is 0 Å². The van der Waals surface area contributed by atoms with Crippen molar-refractivity contribution in [2.75, 3.05) is 27.2 Å². The normalized spacial score (nSPS) is 11.4. The standard InChI is InChI=1S/C19H18N4O3S/c1-23(2)8-7-20-18(24)12-5-6-15-13(10-12)17(22-26-15)14-11-25-19(21-14)16-4-3-9-27-16/h3-6,9-11H,7-8H2,1-2H3,(H,20,24). The SMILES string of the molecule is CN(C)CCNC(=O)c1ccc2onc(-c3coc(-c4cccs4)n3)c2c1. The number of hydrogen-bond acceptors (Lipinski definition) is 7. The summed E-state index contributed by atoms with van der Waals surface area (Å²) in [4.78, 5) is 19.8. The van der Waals surface area contributed by atoms with Crippen LogP contribution >= 0.6 is 11.3 Å². The van der Waals surface area contributed by atoms with Crippen LogP contribution in [0.4, 0.5) is 0 Å². The van der Waals surface area contributed by atoms with E-state index in [0.29, 0.717) is 35.0 Å². The third-order valence-corrected chi connectivity index (χ3v) is 4.91. The summed E-state index contributed by atoms with van der Waals surface area (Å²) in [7, 11) is 3.92. The minimum atomic E-state index is -0.134. The molecule has 0 bridgehead atoms. The maximum atomic E-state index is 12.4. The van der Waals surface area contributed by atoms with Gasteiger partial charge in [-0.1, -0.05) is 11.2 Å². The van der Waals surface area contributed by atoms with E-state index in [2.05, 4.69) is 15.5 Å². The number of benzene rings is 1. The maximum absolute atomic E-state index is 12.4. The topological polar surface area (TPSA) is 84.4 Å². The fourth-order valence-electron chi connectivity index (χ4n) is 2.66. The van der Waals surface area contributed by atoms with E-state index in [4.69, 9.17) is 8.94 Å². The predicted molar refractivity (Wildman–Crippen MR) is 104 cm³/mol. The third-order valence-electron chi connectivity index (χ3n) is 4.06. The number of thiophene rings is 1. The first-order valence-electron chi connectivity index (χ1n) is 8.44.